The van der Waals surface area contributed by atoms with Gasteiger partial charge in [-0.1, -0.05) is 79.5 Å². The average molecular weight is 663 g/mol. The molecule has 0 radical (unpaired) electrons. The minimum Gasteiger partial charge on any atom is -0.461 e. The highest BCUT2D eigenvalue weighted by atomic mass is 16.6. The van der Waals surface area contributed by atoms with Crippen molar-refractivity contribution in [2.45, 2.75) is 130 Å². The minimum absolute atomic E-state index is 0.0342. The van der Waals surface area contributed by atoms with Crippen LogP contribution >= 0.6 is 0 Å². The van der Waals surface area contributed by atoms with Crippen molar-refractivity contribution in [2.75, 3.05) is 0 Å². The molecule has 3 saturated carbocycles. The highest BCUT2D eigenvalue weighted by Gasteiger charge is 2.74. The second kappa shape index (κ2) is 13.0. The van der Waals surface area contributed by atoms with Crippen LogP contribution in [0.1, 0.15) is 117 Å². The standard InChI is InChI=1S/C40H54O8/c1-23(2)28-15-13-25(5)17-30(28)46-36(43)39(37(44)47-31-18-26(6)14-16-29(31)24(3)4)21-38(7)19-33-34(41)32(20-40(38,22-39)48-33)45-35(42)27-11-9-8-10-12-27/h8-12,20,23-26,28-31,33H,13-19,21-22H2,1-7H3/t25-,26-,28+,29+,30-,31-,33-,38-,40+/m1/s1. The molecule has 262 valence electrons. The summed E-state index contributed by atoms with van der Waals surface area (Å²) in [5.74, 6) is -0.370. The fourth-order valence-corrected chi connectivity index (χ4v) is 9.71. The first kappa shape index (κ1) is 34.8. The number of benzene rings is 1. The molecule has 8 heteroatoms. The Labute approximate surface area is 285 Å². The van der Waals surface area contributed by atoms with Crippen LogP contribution in [0.15, 0.2) is 42.2 Å². The zero-order valence-corrected chi connectivity index (χ0v) is 29.8. The first-order valence-corrected chi connectivity index (χ1v) is 18.3. The Morgan fingerprint density at radius 2 is 1.35 bits per heavy atom. The quantitative estimate of drug-likeness (QED) is 0.159. The molecule has 8 nitrogen and oxygen atoms in total. The molecule has 0 amide bonds. The van der Waals surface area contributed by atoms with Gasteiger partial charge in [0.05, 0.1) is 11.2 Å². The lowest BCUT2D eigenvalue weighted by Crippen LogP contribution is -2.49. The van der Waals surface area contributed by atoms with Gasteiger partial charge in [0, 0.05) is 11.8 Å². The molecule has 4 fully saturated rings. The maximum absolute atomic E-state index is 14.8. The van der Waals surface area contributed by atoms with Crippen LogP contribution in [-0.4, -0.2) is 47.6 Å². The van der Waals surface area contributed by atoms with Gasteiger partial charge in [0.1, 0.15) is 18.3 Å². The molecule has 1 saturated heterocycles. The molecule has 6 rings (SSSR count). The lowest BCUT2D eigenvalue weighted by molar-refractivity contribution is -0.187. The summed E-state index contributed by atoms with van der Waals surface area (Å²) >= 11 is 0. The molecule has 1 aromatic carbocycles. The number of Topliss-reactive ketones (excluding diaryl/α,β-unsaturated/α-hetero) is 1. The van der Waals surface area contributed by atoms with Crippen molar-refractivity contribution in [3.63, 3.8) is 0 Å². The zero-order valence-electron chi connectivity index (χ0n) is 29.8. The van der Waals surface area contributed by atoms with E-state index in [0.29, 0.717) is 35.7 Å². The molecule has 2 aliphatic heterocycles. The SMILES string of the molecule is CC(C)[C@@H]1CC[C@@H](C)C[C@H]1OC(=O)C1(C(=O)O[C@@H]2C[C@H](C)CC[C@H]2C(C)C)C[C@@]2(C)C[C@H]3O[C@@]2(C=C(OC(=O)c2ccccc2)C3=O)C1. The van der Waals surface area contributed by atoms with Crippen LogP contribution in [0, 0.1) is 46.3 Å². The van der Waals surface area contributed by atoms with E-state index in [2.05, 4.69) is 41.5 Å². The Morgan fingerprint density at radius 1 is 0.812 bits per heavy atom. The number of ketones is 1. The molecular formula is C40H54O8. The smallest absolute Gasteiger partial charge is 0.343 e. The largest absolute Gasteiger partial charge is 0.461 e. The highest BCUT2D eigenvalue weighted by molar-refractivity contribution is 6.04. The summed E-state index contributed by atoms with van der Waals surface area (Å²) in [4.78, 5) is 56.1. The number of rotatable bonds is 8. The molecule has 9 atom stereocenters. The van der Waals surface area contributed by atoms with Crippen LogP contribution in [-0.2, 0) is 33.3 Å². The second-order valence-corrected chi connectivity index (χ2v) is 16.9. The fourth-order valence-electron chi connectivity index (χ4n) is 9.71. The normalized spacial score (nSPS) is 37.1. The van der Waals surface area contributed by atoms with Gasteiger partial charge >= 0.3 is 17.9 Å². The van der Waals surface area contributed by atoms with Crippen molar-refractivity contribution in [2.24, 2.45) is 46.3 Å². The van der Waals surface area contributed by atoms with E-state index >= 15 is 0 Å². The summed E-state index contributed by atoms with van der Waals surface area (Å²) in [6.07, 6.45) is 6.14. The molecule has 2 heterocycles. The zero-order chi connectivity index (χ0) is 34.6. The second-order valence-electron chi connectivity index (χ2n) is 16.9. The van der Waals surface area contributed by atoms with Crippen LogP contribution in [0.5, 0.6) is 0 Å². The predicted octanol–water partition coefficient (Wildman–Crippen LogP) is 7.63. The topological polar surface area (TPSA) is 105 Å². The number of fused-ring (bicyclic) bond motifs is 1. The van der Waals surface area contributed by atoms with Crippen molar-refractivity contribution in [3.8, 4) is 0 Å². The Bertz CT molecular complexity index is 1400. The van der Waals surface area contributed by atoms with Crippen LogP contribution in [0.25, 0.3) is 0 Å². The van der Waals surface area contributed by atoms with Gasteiger partial charge in [-0.05, 0) is 92.2 Å². The lowest BCUT2D eigenvalue weighted by atomic mass is 9.74. The van der Waals surface area contributed by atoms with E-state index < -0.39 is 46.2 Å². The van der Waals surface area contributed by atoms with E-state index in [0.717, 1.165) is 38.5 Å². The number of carbonyl (C=O) groups excluding carboxylic acids is 4. The van der Waals surface area contributed by atoms with Crippen LogP contribution in [0.4, 0.5) is 0 Å². The molecule has 0 aromatic heterocycles. The third-order valence-electron chi connectivity index (χ3n) is 12.6. The summed E-state index contributed by atoms with van der Waals surface area (Å²) < 4.78 is 25.2. The maximum Gasteiger partial charge on any atom is 0.343 e. The van der Waals surface area contributed by atoms with Crippen molar-refractivity contribution >= 4 is 23.7 Å². The van der Waals surface area contributed by atoms with E-state index in [-0.39, 0.29) is 42.6 Å². The monoisotopic (exact) mass is 662 g/mol. The summed E-state index contributed by atoms with van der Waals surface area (Å²) in [6.45, 7) is 15.0. The van der Waals surface area contributed by atoms with Crippen molar-refractivity contribution in [3.05, 3.63) is 47.7 Å². The van der Waals surface area contributed by atoms with Crippen LogP contribution in [0.2, 0.25) is 0 Å². The van der Waals surface area contributed by atoms with E-state index in [1.165, 1.54) is 0 Å². The molecule has 5 aliphatic rings. The Balaban J connectivity index is 1.36. The Morgan fingerprint density at radius 3 is 1.88 bits per heavy atom. The van der Waals surface area contributed by atoms with E-state index in [9.17, 15) is 19.2 Å². The summed E-state index contributed by atoms with van der Waals surface area (Å²) in [7, 11) is 0. The van der Waals surface area contributed by atoms with Gasteiger partial charge in [0.25, 0.3) is 0 Å². The average Bonchev–Trinajstić information content (AvgIpc) is 3.41. The molecule has 0 N–H and O–H groups in total. The molecule has 1 aromatic rings. The summed E-state index contributed by atoms with van der Waals surface area (Å²) in [6, 6.07) is 8.51. The van der Waals surface area contributed by atoms with E-state index in [4.69, 9.17) is 18.9 Å². The van der Waals surface area contributed by atoms with Gasteiger partial charge in [-0.15, -0.1) is 0 Å². The minimum atomic E-state index is -1.63. The van der Waals surface area contributed by atoms with Crippen molar-refractivity contribution in [1.29, 1.82) is 0 Å². The van der Waals surface area contributed by atoms with E-state index in [1.54, 1.807) is 36.4 Å². The number of hydrogen-bond acceptors (Lipinski definition) is 8. The van der Waals surface area contributed by atoms with Crippen LogP contribution in [0.3, 0.4) is 0 Å². The highest BCUT2D eigenvalue weighted by Crippen LogP contribution is 2.66. The third kappa shape index (κ3) is 6.16. The predicted molar refractivity (Wildman–Crippen MR) is 179 cm³/mol. The number of hydrogen-bond donors (Lipinski definition) is 0. The first-order valence-electron chi connectivity index (χ1n) is 18.3. The molecule has 0 unspecified atom stereocenters. The maximum atomic E-state index is 14.8. The Hall–Kier alpha value is -3.00. The summed E-state index contributed by atoms with van der Waals surface area (Å²) in [5.41, 5.74) is -3.28. The molecule has 3 aliphatic carbocycles. The third-order valence-corrected chi connectivity index (χ3v) is 12.6. The lowest BCUT2D eigenvalue weighted by Gasteiger charge is -2.40. The summed E-state index contributed by atoms with van der Waals surface area (Å²) in [5, 5.41) is 0. The molecule has 2 bridgehead atoms. The van der Waals surface area contributed by atoms with Gasteiger partial charge in [0.15, 0.2) is 11.2 Å². The van der Waals surface area contributed by atoms with Gasteiger partial charge in [-0.25, -0.2) is 4.79 Å². The first-order chi connectivity index (χ1) is 22.7. The van der Waals surface area contributed by atoms with Gasteiger partial charge < -0.3 is 18.9 Å². The number of esters is 3. The van der Waals surface area contributed by atoms with E-state index in [1.807, 2.05) is 6.92 Å². The molecule has 1 spiro atoms. The number of carbonyl (C=O) groups is 4. The Kier molecular flexibility index (Phi) is 9.46. The van der Waals surface area contributed by atoms with Gasteiger partial charge in [0.2, 0.25) is 5.78 Å². The molecular weight excluding hydrogens is 608 g/mol. The number of ether oxygens (including phenoxy) is 4. The van der Waals surface area contributed by atoms with Crippen LogP contribution < -0.4 is 0 Å². The fraction of sp³-hybridized carbons (Fsp3) is 0.700. The van der Waals surface area contributed by atoms with Gasteiger partial charge in [-0.2, -0.15) is 0 Å². The molecule has 48 heavy (non-hydrogen) atoms. The van der Waals surface area contributed by atoms with Gasteiger partial charge in [-0.3, -0.25) is 14.4 Å². The van der Waals surface area contributed by atoms with Crippen molar-refractivity contribution < 1.29 is 38.1 Å². The van der Waals surface area contributed by atoms with Crippen molar-refractivity contribution in [1.82, 2.24) is 0 Å².